The number of anilines is 1. The third-order valence-corrected chi connectivity index (χ3v) is 4.69. The molecule has 0 bridgehead atoms. The molecule has 8 nitrogen and oxygen atoms in total. The molecule has 0 radical (unpaired) electrons. The number of hydrogen-bond donors (Lipinski definition) is 1. The highest BCUT2D eigenvalue weighted by molar-refractivity contribution is 9.10. The second kappa shape index (κ2) is 7.58. The van der Waals surface area contributed by atoms with E-state index in [4.69, 9.17) is 4.42 Å². The Labute approximate surface area is 150 Å². The van der Waals surface area contributed by atoms with Crippen molar-refractivity contribution in [2.75, 3.05) is 11.1 Å². The Morgan fingerprint density at radius 1 is 1.42 bits per heavy atom. The van der Waals surface area contributed by atoms with Crippen LogP contribution < -0.4 is 5.32 Å². The van der Waals surface area contributed by atoms with Gasteiger partial charge >= 0.3 is 0 Å². The first-order valence-corrected chi connectivity index (χ1v) is 8.71. The number of halogens is 1. The van der Waals surface area contributed by atoms with Crippen molar-refractivity contribution < 1.29 is 9.21 Å². The van der Waals surface area contributed by atoms with Crippen molar-refractivity contribution in [1.29, 1.82) is 0 Å². The molecule has 1 aromatic carbocycles. The summed E-state index contributed by atoms with van der Waals surface area (Å²) in [6.45, 7) is 2.31. The van der Waals surface area contributed by atoms with Crippen LogP contribution >= 0.6 is 27.7 Å². The van der Waals surface area contributed by atoms with E-state index in [0.29, 0.717) is 17.7 Å². The van der Waals surface area contributed by atoms with Crippen LogP contribution in [0.1, 0.15) is 11.5 Å². The second-order valence-corrected chi connectivity index (χ2v) is 6.64. The average Bonchev–Trinajstić information content (AvgIpc) is 3.21. The zero-order valence-electron chi connectivity index (χ0n) is 12.6. The van der Waals surface area contributed by atoms with Crippen LogP contribution in [0.5, 0.6) is 0 Å². The third-order valence-electron chi connectivity index (χ3n) is 2.98. The summed E-state index contributed by atoms with van der Waals surface area (Å²) in [7, 11) is 0. The standard InChI is InChI=1S/C14H13BrN6O2S/c1-9-4-10(2-3-11(9)15)18-12(22)6-24-14-20-19-13(23-14)5-21-8-16-7-17-21/h2-4,7-8H,5-6H2,1H3,(H,18,22). The van der Waals surface area contributed by atoms with Gasteiger partial charge in [-0.05, 0) is 30.7 Å². The highest BCUT2D eigenvalue weighted by Gasteiger charge is 2.11. The molecule has 10 heteroatoms. The Morgan fingerprint density at radius 2 is 2.29 bits per heavy atom. The van der Waals surface area contributed by atoms with E-state index in [1.807, 2.05) is 25.1 Å². The van der Waals surface area contributed by atoms with Gasteiger partial charge in [-0.15, -0.1) is 10.2 Å². The van der Waals surface area contributed by atoms with Crippen LogP contribution in [0.4, 0.5) is 5.69 Å². The maximum absolute atomic E-state index is 12.0. The predicted molar refractivity (Wildman–Crippen MR) is 91.7 cm³/mol. The molecule has 1 amide bonds. The van der Waals surface area contributed by atoms with Gasteiger partial charge in [-0.25, -0.2) is 9.67 Å². The highest BCUT2D eigenvalue weighted by atomic mass is 79.9. The van der Waals surface area contributed by atoms with Crippen LogP contribution in [0.2, 0.25) is 0 Å². The molecular formula is C14H13BrN6O2S. The lowest BCUT2D eigenvalue weighted by Crippen LogP contribution is -2.14. The van der Waals surface area contributed by atoms with Crippen molar-refractivity contribution in [2.24, 2.45) is 0 Å². The lowest BCUT2D eigenvalue weighted by atomic mass is 10.2. The van der Waals surface area contributed by atoms with Crippen molar-refractivity contribution in [3.8, 4) is 0 Å². The monoisotopic (exact) mass is 408 g/mol. The predicted octanol–water partition coefficient (Wildman–Crippen LogP) is 2.51. The SMILES string of the molecule is Cc1cc(NC(=O)CSc2nnc(Cn3cncn3)o2)ccc1Br. The van der Waals surface area contributed by atoms with Gasteiger partial charge < -0.3 is 9.73 Å². The summed E-state index contributed by atoms with van der Waals surface area (Å²) in [6, 6.07) is 5.63. The first-order valence-electron chi connectivity index (χ1n) is 6.94. The Morgan fingerprint density at radius 3 is 3.04 bits per heavy atom. The molecule has 0 aliphatic heterocycles. The average molecular weight is 409 g/mol. The number of nitrogens with one attached hydrogen (secondary N) is 1. The van der Waals surface area contributed by atoms with Gasteiger partial charge in [0.05, 0.1) is 5.75 Å². The minimum Gasteiger partial charge on any atom is -0.414 e. The molecule has 2 aromatic heterocycles. The van der Waals surface area contributed by atoms with Crippen LogP contribution in [-0.2, 0) is 11.3 Å². The fourth-order valence-corrected chi connectivity index (χ4v) is 2.69. The molecular weight excluding hydrogens is 396 g/mol. The summed E-state index contributed by atoms with van der Waals surface area (Å²) < 4.78 is 8.03. The van der Waals surface area contributed by atoms with Crippen molar-refractivity contribution in [3.63, 3.8) is 0 Å². The fourth-order valence-electron chi connectivity index (χ4n) is 1.86. The van der Waals surface area contributed by atoms with Crippen LogP contribution in [0.3, 0.4) is 0 Å². The van der Waals surface area contributed by atoms with Gasteiger partial charge in [0.15, 0.2) is 0 Å². The summed E-state index contributed by atoms with van der Waals surface area (Å²) in [5.41, 5.74) is 1.80. The molecule has 0 saturated heterocycles. The number of thioether (sulfide) groups is 1. The summed E-state index contributed by atoms with van der Waals surface area (Å²) >= 11 is 4.61. The van der Waals surface area contributed by atoms with Crippen LogP contribution in [-0.4, -0.2) is 36.6 Å². The number of amides is 1. The molecule has 0 atom stereocenters. The molecule has 0 unspecified atom stereocenters. The van der Waals surface area contributed by atoms with Gasteiger partial charge in [-0.2, -0.15) is 5.10 Å². The number of carbonyl (C=O) groups excluding carboxylic acids is 1. The first-order chi connectivity index (χ1) is 11.6. The van der Waals surface area contributed by atoms with Crippen molar-refractivity contribution >= 4 is 39.3 Å². The molecule has 0 aliphatic rings. The second-order valence-electron chi connectivity index (χ2n) is 4.86. The van der Waals surface area contributed by atoms with Crippen molar-refractivity contribution in [3.05, 3.63) is 46.8 Å². The lowest BCUT2D eigenvalue weighted by Gasteiger charge is -2.06. The fraction of sp³-hybridized carbons (Fsp3) is 0.214. The molecule has 0 aliphatic carbocycles. The van der Waals surface area contributed by atoms with Crippen molar-refractivity contribution in [2.45, 2.75) is 18.7 Å². The van der Waals surface area contributed by atoms with Gasteiger partial charge in [0.25, 0.3) is 5.22 Å². The number of rotatable bonds is 6. The van der Waals surface area contributed by atoms with Gasteiger partial charge in [0.2, 0.25) is 11.8 Å². The molecule has 1 N–H and O–H groups in total. The lowest BCUT2D eigenvalue weighted by molar-refractivity contribution is -0.113. The number of hydrogen-bond acceptors (Lipinski definition) is 7. The topological polar surface area (TPSA) is 98.7 Å². The molecule has 0 fully saturated rings. The Hall–Kier alpha value is -2.20. The molecule has 24 heavy (non-hydrogen) atoms. The van der Waals surface area contributed by atoms with Crippen LogP contribution in [0.25, 0.3) is 0 Å². The van der Waals surface area contributed by atoms with E-state index in [9.17, 15) is 4.79 Å². The van der Waals surface area contributed by atoms with Gasteiger partial charge in [-0.1, -0.05) is 27.7 Å². The Balaban J connectivity index is 1.51. The van der Waals surface area contributed by atoms with Gasteiger partial charge in [0, 0.05) is 10.2 Å². The largest absolute Gasteiger partial charge is 0.414 e. The molecule has 0 saturated carbocycles. The van der Waals surface area contributed by atoms with E-state index in [1.165, 1.54) is 18.1 Å². The van der Waals surface area contributed by atoms with Gasteiger partial charge in [0.1, 0.15) is 19.2 Å². The van der Waals surface area contributed by atoms with Crippen LogP contribution in [0.15, 0.2) is 45.0 Å². The summed E-state index contributed by atoms with van der Waals surface area (Å²) in [4.78, 5) is 15.8. The number of aryl methyl sites for hydroxylation is 1. The van der Waals surface area contributed by atoms with Gasteiger partial charge in [-0.3, -0.25) is 4.79 Å². The Kier molecular flexibility index (Phi) is 5.26. The van der Waals surface area contributed by atoms with E-state index in [-0.39, 0.29) is 11.7 Å². The first kappa shape index (κ1) is 16.7. The van der Waals surface area contributed by atoms with Crippen LogP contribution in [0, 0.1) is 6.92 Å². The number of nitrogens with zero attached hydrogens (tertiary/aromatic N) is 5. The zero-order valence-corrected chi connectivity index (χ0v) is 15.0. The van der Waals surface area contributed by atoms with E-state index >= 15 is 0 Å². The minimum absolute atomic E-state index is 0.141. The van der Waals surface area contributed by atoms with E-state index < -0.39 is 0 Å². The molecule has 124 valence electrons. The zero-order chi connectivity index (χ0) is 16.9. The van der Waals surface area contributed by atoms with Crippen molar-refractivity contribution in [1.82, 2.24) is 25.0 Å². The quantitative estimate of drug-likeness (QED) is 0.625. The minimum atomic E-state index is -0.141. The number of benzene rings is 1. The summed E-state index contributed by atoms with van der Waals surface area (Å²) in [5, 5.41) is 14.9. The molecule has 2 heterocycles. The summed E-state index contributed by atoms with van der Waals surface area (Å²) in [6.07, 6.45) is 2.99. The molecule has 0 spiro atoms. The van der Waals surface area contributed by atoms with E-state index in [2.05, 4.69) is 41.5 Å². The Bertz CT molecular complexity index is 836. The maximum Gasteiger partial charge on any atom is 0.277 e. The normalized spacial score (nSPS) is 10.8. The number of aromatic nitrogens is 5. The summed E-state index contributed by atoms with van der Waals surface area (Å²) in [5.74, 6) is 0.449. The third kappa shape index (κ3) is 4.42. The van der Waals surface area contributed by atoms with E-state index in [1.54, 1.807) is 11.0 Å². The molecule has 3 rings (SSSR count). The smallest absolute Gasteiger partial charge is 0.277 e. The van der Waals surface area contributed by atoms with E-state index in [0.717, 1.165) is 15.7 Å². The highest BCUT2D eigenvalue weighted by Crippen LogP contribution is 2.21. The number of carbonyl (C=O) groups is 1. The maximum atomic E-state index is 12.0. The molecule has 3 aromatic rings.